The third kappa shape index (κ3) is 5.57. The van der Waals surface area contributed by atoms with Crippen molar-refractivity contribution in [3.63, 3.8) is 0 Å². The molecule has 1 aromatic rings. The molecule has 0 unspecified atom stereocenters. The summed E-state index contributed by atoms with van der Waals surface area (Å²) >= 11 is 0. The maximum atomic E-state index is 11.7. The zero-order valence-corrected chi connectivity index (χ0v) is 12.8. The quantitative estimate of drug-likeness (QED) is 0.927. The molecule has 1 saturated carbocycles. The minimum Gasteiger partial charge on any atom is -0.473 e. The number of carbonyl (C=O) groups is 1. The highest BCUT2D eigenvalue weighted by Gasteiger charge is 2.25. The predicted octanol–water partition coefficient (Wildman–Crippen LogP) is 2.69. The lowest BCUT2D eigenvalue weighted by Crippen LogP contribution is -2.42. The molecule has 21 heavy (non-hydrogen) atoms. The summed E-state index contributed by atoms with van der Waals surface area (Å²) in [5.41, 5.74) is -0.462. The van der Waals surface area contributed by atoms with E-state index in [4.69, 9.17) is 9.47 Å². The minimum absolute atomic E-state index is 0.137. The first kappa shape index (κ1) is 15.5. The van der Waals surface area contributed by atoms with E-state index in [9.17, 15) is 4.79 Å². The van der Waals surface area contributed by atoms with Crippen LogP contribution in [0, 0.1) is 0 Å². The highest BCUT2D eigenvalue weighted by atomic mass is 16.6. The average Bonchev–Trinajstić information content (AvgIpc) is 2.40. The van der Waals surface area contributed by atoms with Crippen molar-refractivity contribution in [3.05, 3.63) is 18.6 Å². The number of carbonyl (C=O) groups excluding carboxylic acids is 1. The normalized spacial score (nSPS) is 22.4. The second-order valence-electron chi connectivity index (χ2n) is 6.28. The smallest absolute Gasteiger partial charge is 0.407 e. The topological polar surface area (TPSA) is 73.3 Å². The van der Waals surface area contributed by atoms with Crippen molar-refractivity contribution in [2.24, 2.45) is 0 Å². The summed E-state index contributed by atoms with van der Waals surface area (Å²) in [6, 6.07) is 0.154. The van der Waals surface area contributed by atoms with Crippen molar-refractivity contribution in [3.8, 4) is 5.88 Å². The van der Waals surface area contributed by atoms with E-state index in [2.05, 4.69) is 15.3 Å². The molecule has 1 amide bonds. The molecule has 1 fully saturated rings. The molecule has 0 atom stereocenters. The Balaban J connectivity index is 1.72. The van der Waals surface area contributed by atoms with Crippen molar-refractivity contribution < 1.29 is 14.3 Å². The number of hydrogen-bond donors (Lipinski definition) is 1. The second-order valence-corrected chi connectivity index (χ2v) is 6.28. The zero-order valence-electron chi connectivity index (χ0n) is 12.8. The fourth-order valence-corrected chi connectivity index (χ4v) is 2.32. The fraction of sp³-hybridized carbons (Fsp3) is 0.667. The molecule has 0 aromatic carbocycles. The van der Waals surface area contributed by atoms with E-state index in [-0.39, 0.29) is 18.2 Å². The number of hydrogen-bond acceptors (Lipinski definition) is 5. The number of alkyl carbamates (subject to hydrolysis) is 1. The molecule has 0 spiro atoms. The van der Waals surface area contributed by atoms with Gasteiger partial charge in [0.2, 0.25) is 5.88 Å². The minimum atomic E-state index is -0.462. The summed E-state index contributed by atoms with van der Waals surface area (Å²) in [5, 5.41) is 2.92. The van der Waals surface area contributed by atoms with Gasteiger partial charge in [0, 0.05) is 18.4 Å². The number of rotatable bonds is 3. The lowest BCUT2D eigenvalue weighted by Gasteiger charge is -2.30. The van der Waals surface area contributed by atoms with Crippen LogP contribution in [0.1, 0.15) is 46.5 Å². The number of nitrogens with one attached hydrogen (secondary N) is 1. The van der Waals surface area contributed by atoms with Gasteiger partial charge in [-0.05, 0) is 46.5 Å². The van der Waals surface area contributed by atoms with E-state index in [1.165, 1.54) is 0 Å². The van der Waals surface area contributed by atoms with Gasteiger partial charge in [0.15, 0.2) is 0 Å². The molecular weight excluding hydrogens is 270 g/mol. The van der Waals surface area contributed by atoms with E-state index >= 15 is 0 Å². The number of ether oxygens (including phenoxy) is 2. The Morgan fingerprint density at radius 1 is 1.24 bits per heavy atom. The molecule has 0 aliphatic heterocycles. The third-order valence-corrected chi connectivity index (χ3v) is 3.22. The van der Waals surface area contributed by atoms with Gasteiger partial charge in [0.1, 0.15) is 11.7 Å². The molecule has 0 radical (unpaired) electrons. The van der Waals surface area contributed by atoms with Crippen LogP contribution in [-0.4, -0.2) is 33.8 Å². The van der Waals surface area contributed by atoms with Crippen LogP contribution in [0.3, 0.4) is 0 Å². The number of amides is 1. The van der Waals surface area contributed by atoms with Crippen molar-refractivity contribution in [2.75, 3.05) is 0 Å². The number of aromatic nitrogens is 2. The van der Waals surface area contributed by atoms with Gasteiger partial charge in [-0.2, -0.15) is 0 Å². The fourth-order valence-electron chi connectivity index (χ4n) is 2.32. The number of nitrogens with zero attached hydrogens (tertiary/aromatic N) is 2. The molecule has 1 aromatic heterocycles. The molecule has 1 heterocycles. The van der Waals surface area contributed by atoms with E-state index in [0.717, 1.165) is 25.7 Å². The van der Waals surface area contributed by atoms with Gasteiger partial charge in [0.25, 0.3) is 0 Å². The summed E-state index contributed by atoms with van der Waals surface area (Å²) in [4.78, 5) is 19.8. The molecule has 1 aliphatic rings. The molecule has 1 N–H and O–H groups in total. The SMILES string of the molecule is CC(C)(C)OC(=O)NC1CCC(Oc2cnccn2)CC1. The third-order valence-electron chi connectivity index (χ3n) is 3.22. The molecular formula is C15H23N3O3. The Kier molecular flexibility index (Phi) is 4.98. The van der Waals surface area contributed by atoms with Crippen LogP contribution >= 0.6 is 0 Å². The maximum Gasteiger partial charge on any atom is 0.407 e. The Bertz CT molecular complexity index is 451. The average molecular weight is 293 g/mol. The largest absolute Gasteiger partial charge is 0.473 e. The van der Waals surface area contributed by atoms with Gasteiger partial charge in [-0.1, -0.05) is 0 Å². The van der Waals surface area contributed by atoms with Crippen LogP contribution in [-0.2, 0) is 4.74 Å². The van der Waals surface area contributed by atoms with Crippen molar-refractivity contribution in [1.82, 2.24) is 15.3 Å². The Hall–Kier alpha value is -1.85. The van der Waals surface area contributed by atoms with Crippen molar-refractivity contribution >= 4 is 6.09 Å². The van der Waals surface area contributed by atoms with Gasteiger partial charge >= 0.3 is 6.09 Å². The van der Waals surface area contributed by atoms with Crippen LogP contribution in [0.4, 0.5) is 4.79 Å². The van der Waals surface area contributed by atoms with Gasteiger partial charge in [-0.3, -0.25) is 4.98 Å². The highest BCUT2D eigenvalue weighted by molar-refractivity contribution is 5.68. The molecule has 2 rings (SSSR count). The van der Waals surface area contributed by atoms with E-state index in [1.807, 2.05) is 20.8 Å². The van der Waals surface area contributed by atoms with Crippen molar-refractivity contribution in [2.45, 2.75) is 64.2 Å². The zero-order chi connectivity index (χ0) is 15.3. The van der Waals surface area contributed by atoms with Gasteiger partial charge < -0.3 is 14.8 Å². The molecule has 0 saturated heterocycles. The summed E-state index contributed by atoms with van der Waals surface area (Å²) in [6.07, 6.45) is 8.17. The first-order valence-electron chi connectivity index (χ1n) is 7.34. The van der Waals surface area contributed by atoms with Crippen LogP contribution in [0.25, 0.3) is 0 Å². The van der Waals surface area contributed by atoms with E-state index < -0.39 is 5.60 Å². The Labute approximate surface area is 125 Å². The first-order chi connectivity index (χ1) is 9.92. The maximum absolute atomic E-state index is 11.7. The van der Waals surface area contributed by atoms with E-state index in [1.54, 1.807) is 18.6 Å². The van der Waals surface area contributed by atoms with E-state index in [0.29, 0.717) is 5.88 Å². The summed E-state index contributed by atoms with van der Waals surface area (Å²) in [7, 11) is 0. The Morgan fingerprint density at radius 2 is 1.95 bits per heavy atom. The van der Waals surface area contributed by atoms with Gasteiger partial charge in [0.05, 0.1) is 6.20 Å². The molecule has 116 valence electrons. The lowest BCUT2D eigenvalue weighted by molar-refractivity contribution is 0.0469. The molecule has 6 nitrogen and oxygen atoms in total. The van der Waals surface area contributed by atoms with Crippen LogP contribution < -0.4 is 10.1 Å². The molecule has 6 heteroatoms. The summed E-state index contributed by atoms with van der Waals surface area (Å²) < 4.78 is 11.0. The monoisotopic (exact) mass is 293 g/mol. The predicted molar refractivity (Wildman–Crippen MR) is 78.1 cm³/mol. The van der Waals surface area contributed by atoms with Gasteiger partial charge in [-0.15, -0.1) is 0 Å². The molecule has 1 aliphatic carbocycles. The van der Waals surface area contributed by atoms with Crippen LogP contribution in [0.5, 0.6) is 5.88 Å². The standard InChI is InChI=1S/C15H23N3O3/c1-15(2,3)21-14(19)18-11-4-6-12(7-5-11)20-13-10-16-8-9-17-13/h8-12H,4-7H2,1-3H3,(H,18,19). The summed E-state index contributed by atoms with van der Waals surface area (Å²) in [6.45, 7) is 5.58. The van der Waals surface area contributed by atoms with Gasteiger partial charge in [-0.25, -0.2) is 9.78 Å². The van der Waals surface area contributed by atoms with Crippen LogP contribution in [0.2, 0.25) is 0 Å². The molecule has 0 bridgehead atoms. The lowest BCUT2D eigenvalue weighted by atomic mass is 9.93. The first-order valence-corrected chi connectivity index (χ1v) is 7.34. The highest BCUT2D eigenvalue weighted by Crippen LogP contribution is 2.22. The second kappa shape index (κ2) is 6.74. The Morgan fingerprint density at radius 3 is 2.52 bits per heavy atom. The van der Waals surface area contributed by atoms with Crippen LogP contribution in [0.15, 0.2) is 18.6 Å². The summed E-state index contributed by atoms with van der Waals surface area (Å²) in [5.74, 6) is 0.557. The van der Waals surface area contributed by atoms with Crippen molar-refractivity contribution in [1.29, 1.82) is 0 Å².